The molecule has 2 rings (SSSR count). The Hall–Kier alpha value is -2.00. The number of rotatable bonds is 7. The standard InChI is InChI=1S/C17H20FN3O3S.ClH/c1-2-20-25(23,24)13-8-9-16(14(18)11-13)21-17(22)15(19)10-12-6-4-3-5-7-12;/h3-9,11,15,20H,2,10,19H2,1H3,(H,21,22);1H/t15-;/m0./s1. The van der Waals surface area contributed by atoms with E-state index in [1.807, 2.05) is 30.3 Å². The van der Waals surface area contributed by atoms with Crippen molar-refractivity contribution in [1.29, 1.82) is 0 Å². The van der Waals surface area contributed by atoms with Gasteiger partial charge in [-0.3, -0.25) is 4.79 Å². The van der Waals surface area contributed by atoms with Gasteiger partial charge in [0.1, 0.15) is 5.82 Å². The smallest absolute Gasteiger partial charge is 0.241 e. The van der Waals surface area contributed by atoms with E-state index in [0.717, 1.165) is 11.6 Å². The molecule has 0 bridgehead atoms. The maximum absolute atomic E-state index is 14.1. The molecule has 0 aliphatic carbocycles. The summed E-state index contributed by atoms with van der Waals surface area (Å²) < 4.78 is 40.1. The Kier molecular flexibility index (Phi) is 8.16. The molecule has 0 saturated heterocycles. The van der Waals surface area contributed by atoms with Gasteiger partial charge in [0.2, 0.25) is 15.9 Å². The number of hydrogen-bond donors (Lipinski definition) is 3. The second-order valence-electron chi connectivity index (χ2n) is 5.43. The van der Waals surface area contributed by atoms with Gasteiger partial charge in [0.05, 0.1) is 16.6 Å². The van der Waals surface area contributed by atoms with E-state index in [0.29, 0.717) is 6.42 Å². The molecule has 1 amide bonds. The minimum absolute atomic E-state index is 0. The number of sulfonamides is 1. The van der Waals surface area contributed by atoms with Crippen LogP contribution in [0.2, 0.25) is 0 Å². The lowest BCUT2D eigenvalue weighted by atomic mass is 10.1. The molecule has 0 radical (unpaired) electrons. The van der Waals surface area contributed by atoms with Gasteiger partial charge in [0.15, 0.2) is 0 Å². The van der Waals surface area contributed by atoms with Gasteiger partial charge in [0, 0.05) is 6.54 Å². The van der Waals surface area contributed by atoms with E-state index in [4.69, 9.17) is 5.73 Å². The molecular formula is C17H21ClFN3O3S. The molecule has 2 aromatic carbocycles. The molecule has 0 spiro atoms. The summed E-state index contributed by atoms with van der Waals surface area (Å²) in [4.78, 5) is 11.9. The van der Waals surface area contributed by atoms with Crippen molar-refractivity contribution in [2.24, 2.45) is 5.73 Å². The van der Waals surface area contributed by atoms with Gasteiger partial charge in [-0.25, -0.2) is 17.5 Å². The first-order valence-electron chi connectivity index (χ1n) is 7.73. The van der Waals surface area contributed by atoms with E-state index >= 15 is 0 Å². The average molecular weight is 402 g/mol. The summed E-state index contributed by atoms with van der Waals surface area (Å²) in [5.41, 5.74) is 6.61. The largest absolute Gasteiger partial charge is 0.322 e. The monoisotopic (exact) mass is 401 g/mol. The minimum atomic E-state index is -3.76. The van der Waals surface area contributed by atoms with Crippen molar-refractivity contribution in [3.63, 3.8) is 0 Å². The SMILES string of the molecule is CCNS(=O)(=O)c1ccc(NC(=O)[C@@H](N)Cc2ccccc2)c(F)c1.Cl. The summed E-state index contributed by atoms with van der Waals surface area (Å²) in [5.74, 6) is -1.40. The molecule has 0 aromatic heterocycles. The predicted molar refractivity (Wildman–Crippen MR) is 101 cm³/mol. The number of amides is 1. The Balaban J connectivity index is 0.00000338. The van der Waals surface area contributed by atoms with E-state index in [9.17, 15) is 17.6 Å². The fourth-order valence-electron chi connectivity index (χ4n) is 2.22. The molecule has 0 saturated carbocycles. The molecule has 0 fully saturated rings. The van der Waals surface area contributed by atoms with Crippen molar-refractivity contribution in [1.82, 2.24) is 4.72 Å². The van der Waals surface area contributed by atoms with Crippen molar-refractivity contribution >= 4 is 34.0 Å². The normalized spacial score (nSPS) is 12.1. The summed E-state index contributed by atoms with van der Waals surface area (Å²) in [5, 5.41) is 2.39. The van der Waals surface area contributed by atoms with Crippen LogP contribution in [0, 0.1) is 5.82 Å². The Bertz CT molecular complexity index is 848. The zero-order valence-corrected chi connectivity index (χ0v) is 15.7. The van der Waals surface area contributed by atoms with Crippen LogP contribution in [0.5, 0.6) is 0 Å². The molecule has 0 unspecified atom stereocenters. The first-order chi connectivity index (χ1) is 11.8. The zero-order valence-electron chi connectivity index (χ0n) is 14.1. The molecule has 9 heteroatoms. The molecule has 0 heterocycles. The second kappa shape index (κ2) is 9.63. The topological polar surface area (TPSA) is 101 Å². The molecule has 6 nitrogen and oxygen atoms in total. The van der Waals surface area contributed by atoms with E-state index < -0.39 is 27.8 Å². The fourth-order valence-corrected chi connectivity index (χ4v) is 3.28. The lowest BCUT2D eigenvalue weighted by molar-refractivity contribution is -0.117. The van der Waals surface area contributed by atoms with Gasteiger partial charge in [-0.15, -0.1) is 12.4 Å². The van der Waals surface area contributed by atoms with Gasteiger partial charge < -0.3 is 11.1 Å². The Labute approximate surface area is 158 Å². The summed E-state index contributed by atoms with van der Waals surface area (Å²) >= 11 is 0. The maximum atomic E-state index is 14.1. The fraction of sp³-hybridized carbons (Fsp3) is 0.235. The van der Waals surface area contributed by atoms with Crippen LogP contribution >= 0.6 is 12.4 Å². The van der Waals surface area contributed by atoms with Crippen LogP contribution in [0.15, 0.2) is 53.4 Å². The van der Waals surface area contributed by atoms with Crippen LogP contribution in [0.4, 0.5) is 10.1 Å². The van der Waals surface area contributed by atoms with E-state index in [1.54, 1.807) is 6.92 Å². The second-order valence-corrected chi connectivity index (χ2v) is 7.20. The molecule has 0 aliphatic rings. The highest BCUT2D eigenvalue weighted by Gasteiger charge is 2.18. The van der Waals surface area contributed by atoms with E-state index in [1.165, 1.54) is 12.1 Å². The Morgan fingerprint density at radius 2 is 1.85 bits per heavy atom. The lowest BCUT2D eigenvalue weighted by Gasteiger charge is -2.13. The van der Waals surface area contributed by atoms with Crippen LogP contribution in [-0.2, 0) is 21.2 Å². The zero-order chi connectivity index (χ0) is 18.4. The lowest BCUT2D eigenvalue weighted by Crippen LogP contribution is -2.37. The quantitative estimate of drug-likeness (QED) is 0.660. The highest BCUT2D eigenvalue weighted by atomic mass is 35.5. The van der Waals surface area contributed by atoms with Crippen LogP contribution in [-0.4, -0.2) is 26.9 Å². The highest BCUT2D eigenvalue weighted by Crippen LogP contribution is 2.19. The highest BCUT2D eigenvalue weighted by molar-refractivity contribution is 7.89. The number of hydrogen-bond acceptors (Lipinski definition) is 4. The minimum Gasteiger partial charge on any atom is -0.322 e. The van der Waals surface area contributed by atoms with Gasteiger partial charge in [-0.2, -0.15) is 0 Å². The van der Waals surface area contributed by atoms with Gasteiger partial charge in [-0.05, 0) is 30.2 Å². The number of nitrogens with one attached hydrogen (secondary N) is 2. The number of carbonyl (C=O) groups is 1. The third kappa shape index (κ3) is 5.77. The molecular weight excluding hydrogens is 381 g/mol. The van der Waals surface area contributed by atoms with Gasteiger partial charge in [-0.1, -0.05) is 37.3 Å². The van der Waals surface area contributed by atoms with Crippen molar-refractivity contribution in [3.8, 4) is 0 Å². The number of carbonyl (C=O) groups excluding carboxylic acids is 1. The Morgan fingerprint density at radius 3 is 2.42 bits per heavy atom. The van der Waals surface area contributed by atoms with Gasteiger partial charge in [0.25, 0.3) is 0 Å². The average Bonchev–Trinajstić information content (AvgIpc) is 2.57. The number of benzene rings is 2. The van der Waals surface area contributed by atoms with E-state index in [-0.39, 0.29) is 29.5 Å². The molecule has 1 atom stereocenters. The summed E-state index contributed by atoms with van der Waals surface area (Å²) in [6.45, 7) is 1.81. The van der Waals surface area contributed by atoms with Crippen molar-refractivity contribution in [2.75, 3.05) is 11.9 Å². The third-order valence-electron chi connectivity index (χ3n) is 3.48. The molecule has 142 valence electrons. The molecule has 4 N–H and O–H groups in total. The van der Waals surface area contributed by atoms with Crippen molar-refractivity contribution < 1.29 is 17.6 Å². The first kappa shape index (κ1) is 22.0. The third-order valence-corrected chi connectivity index (χ3v) is 5.02. The molecule has 26 heavy (non-hydrogen) atoms. The van der Waals surface area contributed by atoms with Crippen LogP contribution in [0.25, 0.3) is 0 Å². The number of anilines is 1. The predicted octanol–water partition coefficient (Wildman–Crippen LogP) is 2.05. The van der Waals surface area contributed by atoms with Crippen molar-refractivity contribution in [2.45, 2.75) is 24.3 Å². The molecule has 0 aliphatic heterocycles. The van der Waals surface area contributed by atoms with Crippen molar-refractivity contribution in [3.05, 3.63) is 59.9 Å². The summed E-state index contributed by atoms with van der Waals surface area (Å²) in [7, 11) is -3.76. The van der Waals surface area contributed by atoms with Crippen LogP contribution in [0.3, 0.4) is 0 Å². The number of halogens is 2. The first-order valence-corrected chi connectivity index (χ1v) is 9.21. The Morgan fingerprint density at radius 1 is 1.19 bits per heavy atom. The van der Waals surface area contributed by atoms with E-state index in [2.05, 4.69) is 10.0 Å². The number of nitrogens with two attached hydrogens (primary N) is 1. The maximum Gasteiger partial charge on any atom is 0.241 e. The van der Waals surface area contributed by atoms with Gasteiger partial charge >= 0.3 is 0 Å². The van der Waals surface area contributed by atoms with Crippen LogP contribution in [0.1, 0.15) is 12.5 Å². The summed E-state index contributed by atoms with van der Waals surface area (Å²) in [6.07, 6.45) is 0.307. The molecule has 2 aromatic rings. The summed E-state index contributed by atoms with van der Waals surface area (Å²) in [6, 6.07) is 11.6. The van der Waals surface area contributed by atoms with Crippen LogP contribution < -0.4 is 15.8 Å².